The Bertz CT molecular complexity index is 643. The van der Waals surface area contributed by atoms with Gasteiger partial charge in [0.25, 0.3) is 17.7 Å². The molecule has 4 amide bonds. The minimum Gasteiger partial charge on any atom is -0.354 e. The predicted molar refractivity (Wildman–Crippen MR) is 87.9 cm³/mol. The van der Waals surface area contributed by atoms with Gasteiger partial charge in [0.05, 0.1) is 11.1 Å². The Hall–Kier alpha value is -2.12. The maximum Gasteiger partial charge on any atom is 0.261 e. The number of benzene rings is 1. The van der Waals surface area contributed by atoms with E-state index in [2.05, 4.69) is 10.6 Å². The highest BCUT2D eigenvalue weighted by Gasteiger charge is 2.34. The molecule has 1 aromatic carbocycles. The van der Waals surface area contributed by atoms with Crippen molar-refractivity contribution in [3.05, 3.63) is 35.4 Å². The summed E-state index contributed by atoms with van der Waals surface area (Å²) in [4.78, 5) is 47.0. The lowest BCUT2D eigenvalue weighted by molar-refractivity contribution is -0.122. The number of carbonyl (C=O) groups excluding carboxylic acids is 4. The van der Waals surface area contributed by atoms with Gasteiger partial charge >= 0.3 is 0 Å². The molecule has 2 rings (SSSR count). The molecule has 0 atom stereocenters. The smallest absolute Gasteiger partial charge is 0.261 e. The second kappa shape index (κ2) is 8.12. The van der Waals surface area contributed by atoms with E-state index in [0.29, 0.717) is 11.1 Å². The minimum absolute atomic E-state index is 0.00399. The number of nitrogens with zero attached hydrogens (tertiary/aromatic N) is 1. The van der Waals surface area contributed by atoms with Gasteiger partial charge in [0, 0.05) is 26.1 Å². The van der Waals surface area contributed by atoms with Crippen molar-refractivity contribution in [1.82, 2.24) is 15.5 Å². The summed E-state index contributed by atoms with van der Waals surface area (Å²) in [6.07, 6.45) is -0.0208. The van der Waals surface area contributed by atoms with Crippen molar-refractivity contribution >= 4 is 46.8 Å². The Morgan fingerprint density at radius 2 is 1.54 bits per heavy atom. The fourth-order valence-corrected chi connectivity index (χ4v) is 2.36. The molecule has 0 aliphatic carbocycles. The predicted octanol–water partition coefficient (Wildman–Crippen LogP) is 0.709. The zero-order valence-corrected chi connectivity index (χ0v) is 14.1. The quantitative estimate of drug-likeness (QED) is 0.419. The molecule has 0 saturated heterocycles. The van der Waals surface area contributed by atoms with Crippen LogP contribution in [0.25, 0.3) is 0 Å². The van der Waals surface area contributed by atoms with Crippen molar-refractivity contribution in [1.29, 1.82) is 0 Å². The van der Waals surface area contributed by atoms with Crippen molar-refractivity contribution in [3.63, 3.8) is 0 Å². The van der Waals surface area contributed by atoms with E-state index in [9.17, 15) is 19.2 Å². The summed E-state index contributed by atoms with van der Waals surface area (Å²) >= 11 is 10.7. The van der Waals surface area contributed by atoms with Crippen molar-refractivity contribution in [2.75, 3.05) is 19.6 Å². The van der Waals surface area contributed by atoms with E-state index in [1.807, 2.05) is 0 Å². The summed E-state index contributed by atoms with van der Waals surface area (Å²) in [6.45, 7) is 0.358. The first-order valence-corrected chi connectivity index (χ1v) is 8.07. The van der Waals surface area contributed by atoms with Crippen LogP contribution in [-0.4, -0.2) is 53.0 Å². The number of alkyl halides is 2. The van der Waals surface area contributed by atoms with Crippen LogP contribution in [0, 0.1) is 0 Å². The maximum atomic E-state index is 12.1. The SMILES string of the molecule is O=C(CCN1C(=O)c2ccccc2C1=O)NCCNC(=O)C(Cl)Cl. The van der Waals surface area contributed by atoms with Gasteiger partial charge in [-0.2, -0.15) is 0 Å². The molecule has 0 fully saturated rings. The number of carbonyl (C=O) groups is 4. The van der Waals surface area contributed by atoms with E-state index in [-0.39, 0.29) is 32.0 Å². The molecule has 9 heteroatoms. The normalized spacial score (nSPS) is 13.2. The molecule has 0 aromatic heterocycles. The number of rotatable bonds is 7. The Morgan fingerprint density at radius 1 is 1.00 bits per heavy atom. The van der Waals surface area contributed by atoms with E-state index in [1.54, 1.807) is 24.3 Å². The zero-order valence-electron chi connectivity index (χ0n) is 12.6. The van der Waals surface area contributed by atoms with Crippen LogP contribution in [0.1, 0.15) is 27.1 Å². The van der Waals surface area contributed by atoms with Crippen molar-refractivity contribution in [2.24, 2.45) is 0 Å². The molecule has 1 aliphatic heterocycles. The second-order valence-corrected chi connectivity index (χ2v) is 6.10. The van der Waals surface area contributed by atoms with Gasteiger partial charge in [-0.1, -0.05) is 35.3 Å². The first-order chi connectivity index (χ1) is 11.4. The van der Waals surface area contributed by atoms with Crippen LogP contribution < -0.4 is 10.6 Å². The van der Waals surface area contributed by atoms with E-state index < -0.39 is 22.6 Å². The first kappa shape index (κ1) is 18.2. The summed E-state index contributed by atoms with van der Waals surface area (Å²) in [7, 11) is 0. The number of halogens is 2. The highest BCUT2D eigenvalue weighted by atomic mass is 35.5. The number of nitrogens with one attached hydrogen (secondary N) is 2. The average Bonchev–Trinajstić information content (AvgIpc) is 2.81. The highest BCUT2D eigenvalue weighted by Crippen LogP contribution is 2.22. The van der Waals surface area contributed by atoms with Gasteiger partial charge in [-0.15, -0.1) is 0 Å². The lowest BCUT2D eigenvalue weighted by atomic mass is 10.1. The van der Waals surface area contributed by atoms with E-state index in [1.165, 1.54) is 0 Å². The van der Waals surface area contributed by atoms with E-state index >= 15 is 0 Å². The minimum atomic E-state index is -1.16. The Morgan fingerprint density at radius 3 is 2.08 bits per heavy atom. The molecule has 0 spiro atoms. The number of amides is 4. The molecular formula is C15H15Cl2N3O4. The number of hydrogen-bond acceptors (Lipinski definition) is 4. The van der Waals surface area contributed by atoms with Crippen LogP contribution in [-0.2, 0) is 9.59 Å². The van der Waals surface area contributed by atoms with Gasteiger partial charge < -0.3 is 10.6 Å². The van der Waals surface area contributed by atoms with E-state index in [4.69, 9.17) is 23.2 Å². The molecule has 7 nitrogen and oxygen atoms in total. The summed E-state index contributed by atoms with van der Waals surface area (Å²) in [5.41, 5.74) is 0.699. The molecule has 0 saturated carbocycles. The third-order valence-corrected chi connectivity index (χ3v) is 3.78. The molecular weight excluding hydrogens is 357 g/mol. The third-order valence-electron chi connectivity index (χ3n) is 3.39. The standard InChI is InChI=1S/C15H15Cl2N3O4/c16-12(17)13(22)19-7-6-18-11(21)5-8-20-14(23)9-3-1-2-4-10(9)15(20)24/h1-4,12H,5-8H2,(H,18,21)(H,19,22). The van der Waals surface area contributed by atoms with Crippen molar-refractivity contribution in [3.8, 4) is 0 Å². The van der Waals surface area contributed by atoms with Crippen LogP contribution in [0.3, 0.4) is 0 Å². The van der Waals surface area contributed by atoms with Crippen LogP contribution >= 0.6 is 23.2 Å². The molecule has 1 aromatic rings. The molecule has 1 aliphatic rings. The van der Waals surface area contributed by atoms with Gasteiger partial charge in [0.15, 0.2) is 4.84 Å². The van der Waals surface area contributed by atoms with Gasteiger partial charge in [-0.05, 0) is 12.1 Å². The van der Waals surface area contributed by atoms with Gasteiger partial charge in [0.2, 0.25) is 5.91 Å². The van der Waals surface area contributed by atoms with Gasteiger partial charge in [-0.25, -0.2) is 0 Å². The third kappa shape index (κ3) is 4.24. The summed E-state index contributed by atoms with van der Waals surface area (Å²) in [6, 6.07) is 6.53. The molecule has 0 unspecified atom stereocenters. The molecule has 2 N–H and O–H groups in total. The summed E-state index contributed by atoms with van der Waals surface area (Å²) < 4.78 is 0. The molecule has 1 heterocycles. The second-order valence-electron chi connectivity index (χ2n) is 5.00. The lowest BCUT2D eigenvalue weighted by Gasteiger charge is -2.13. The topological polar surface area (TPSA) is 95.6 Å². The monoisotopic (exact) mass is 371 g/mol. The van der Waals surface area contributed by atoms with Crippen LogP contribution in [0.4, 0.5) is 0 Å². The summed E-state index contributed by atoms with van der Waals surface area (Å²) in [5.74, 6) is -1.68. The van der Waals surface area contributed by atoms with Gasteiger partial charge in [-0.3, -0.25) is 24.1 Å². The summed E-state index contributed by atoms with van der Waals surface area (Å²) in [5, 5.41) is 4.99. The van der Waals surface area contributed by atoms with E-state index in [0.717, 1.165) is 4.90 Å². The van der Waals surface area contributed by atoms with Crippen LogP contribution in [0.2, 0.25) is 0 Å². The Kier molecular flexibility index (Phi) is 6.16. The Labute approximate surface area is 148 Å². The van der Waals surface area contributed by atoms with Gasteiger partial charge in [0.1, 0.15) is 0 Å². The number of hydrogen-bond donors (Lipinski definition) is 2. The molecule has 0 bridgehead atoms. The van der Waals surface area contributed by atoms with Crippen molar-refractivity contribution in [2.45, 2.75) is 11.3 Å². The largest absolute Gasteiger partial charge is 0.354 e. The lowest BCUT2D eigenvalue weighted by Crippen LogP contribution is -2.38. The average molecular weight is 372 g/mol. The highest BCUT2D eigenvalue weighted by molar-refractivity contribution is 6.53. The maximum absolute atomic E-state index is 12.1. The molecule has 0 radical (unpaired) electrons. The fraction of sp³-hybridized carbons (Fsp3) is 0.333. The fourth-order valence-electron chi connectivity index (χ4n) is 2.21. The van der Waals surface area contributed by atoms with Crippen LogP contribution in [0.5, 0.6) is 0 Å². The zero-order chi connectivity index (χ0) is 17.7. The van der Waals surface area contributed by atoms with Crippen molar-refractivity contribution < 1.29 is 19.2 Å². The molecule has 24 heavy (non-hydrogen) atoms. The first-order valence-electron chi connectivity index (χ1n) is 7.19. The van der Waals surface area contributed by atoms with Crippen LogP contribution in [0.15, 0.2) is 24.3 Å². The number of fused-ring (bicyclic) bond motifs is 1. The Balaban J connectivity index is 1.74. The molecule has 128 valence electrons. The number of imide groups is 1.